The molecule has 2 aliphatic rings. The quantitative estimate of drug-likeness (QED) is 0.651. The predicted octanol–water partition coefficient (Wildman–Crippen LogP) is 5.25. The van der Waals surface area contributed by atoms with Crippen molar-refractivity contribution in [1.29, 1.82) is 0 Å². The molecular weight excluding hydrogens is 379 g/mol. The minimum Gasteiger partial charge on any atom is -0.336 e. The van der Waals surface area contributed by atoms with Crippen molar-refractivity contribution >= 4 is 29.1 Å². The van der Waals surface area contributed by atoms with Crippen LogP contribution in [0.5, 0.6) is 0 Å². The number of rotatable bonds is 6. The van der Waals surface area contributed by atoms with Gasteiger partial charge in [-0.3, -0.25) is 4.79 Å². The molecule has 1 aliphatic carbocycles. The Labute approximate surface area is 173 Å². The van der Waals surface area contributed by atoms with E-state index in [1.165, 1.54) is 24.0 Å². The third-order valence-electron chi connectivity index (χ3n) is 5.94. The number of piperidine rings is 1. The van der Waals surface area contributed by atoms with Crippen LogP contribution in [0.2, 0.25) is 10.0 Å². The van der Waals surface area contributed by atoms with Gasteiger partial charge in [-0.1, -0.05) is 40.9 Å². The van der Waals surface area contributed by atoms with E-state index in [1.54, 1.807) is 0 Å². The Morgan fingerprint density at radius 2 is 2.04 bits per heavy atom. The number of amides is 1. The third kappa shape index (κ3) is 5.28. The second-order valence-corrected chi connectivity index (χ2v) is 8.90. The van der Waals surface area contributed by atoms with E-state index in [4.69, 9.17) is 23.2 Å². The molecule has 1 N–H and O–H groups in total. The highest BCUT2D eigenvalue weighted by molar-refractivity contribution is 6.42. The van der Waals surface area contributed by atoms with Crippen LogP contribution >= 0.6 is 23.2 Å². The first-order chi connectivity index (χ1) is 13.0. The van der Waals surface area contributed by atoms with E-state index in [0.29, 0.717) is 40.4 Å². The van der Waals surface area contributed by atoms with E-state index < -0.39 is 0 Å². The van der Waals surface area contributed by atoms with E-state index in [0.717, 1.165) is 32.4 Å². The fourth-order valence-electron chi connectivity index (χ4n) is 4.51. The van der Waals surface area contributed by atoms with Crippen molar-refractivity contribution < 1.29 is 4.79 Å². The number of nitrogens with zero attached hydrogens (tertiary/aromatic N) is 1. The summed E-state index contributed by atoms with van der Waals surface area (Å²) in [6, 6.07) is 6.74. The van der Waals surface area contributed by atoms with Gasteiger partial charge in [-0.25, -0.2) is 0 Å². The van der Waals surface area contributed by atoms with Crippen LogP contribution in [-0.2, 0) is 11.2 Å². The number of fused-ring (bicyclic) bond motifs is 1. The van der Waals surface area contributed by atoms with Crippen LogP contribution in [-0.4, -0.2) is 36.0 Å². The van der Waals surface area contributed by atoms with Crippen LogP contribution in [0.1, 0.15) is 51.5 Å². The van der Waals surface area contributed by atoms with E-state index in [9.17, 15) is 4.79 Å². The Morgan fingerprint density at radius 1 is 1.22 bits per heavy atom. The molecule has 1 saturated carbocycles. The highest BCUT2D eigenvalue weighted by atomic mass is 35.5. The van der Waals surface area contributed by atoms with Crippen LogP contribution in [0.3, 0.4) is 0 Å². The van der Waals surface area contributed by atoms with E-state index >= 15 is 0 Å². The lowest BCUT2D eigenvalue weighted by Crippen LogP contribution is -2.57. The summed E-state index contributed by atoms with van der Waals surface area (Å²) < 4.78 is 0. The molecule has 3 atom stereocenters. The highest BCUT2D eigenvalue weighted by Gasteiger charge is 2.41. The molecule has 1 amide bonds. The fourth-order valence-corrected chi connectivity index (χ4v) is 4.83. The van der Waals surface area contributed by atoms with Crippen molar-refractivity contribution in [3.05, 3.63) is 45.5 Å². The van der Waals surface area contributed by atoms with Crippen molar-refractivity contribution in [2.75, 3.05) is 13.1 Å². The Kier molecular flexibility index (Phi) is 7.24. The molecule has 27 heavy (non-hydrogen) atoms. The van der Waals surface area contributed by atoms with Gasteiger partial charge in [0.15, 0.2) is 0 Å². The van der Waals surface area contributed by atoms with Gasteiger partial charge < -0.3 is 10.2 Å². The van der Waals surface area contributed by atoms with Crippen molar-refractivity contribution in [3.63, 3.8) is 0 Å². The summed E-state index contributed by atoms with van der Waals surface area (Å²) in [6.07, 6.45) is 8.34. The first kappa shape index (κ1) is 20.7. The van der Waals surface area contributed by atoms with Crippen LogP contribution < -0.4 is 5.32 Å². The highest BCUT2D eigenvalue weighted by Crippen LogP contribution is 2.36. The average molecular weight is 409 g/mol. The van der Waals surface area contributed by atoms with Gasteiger partial charge >= 0.3 is 0 Å². The molecule has 0 bridgehead atoms. The minimum atomic E-state index is 0.324. The first-order valence-electron chi connectivity index (χ1n) is 10.1. The molecule has 2 fully saturated rings. The number of likely N-dealkylation sites (tertiary alicyclic amines) is 1. The zero-order valence-electron chi connectivity index (χ0n) is 16.3. The van der Waals surface area contributed by atoms with Gasteiger partial charge in [-0.15, -0.1) is 0 Å². The normalized spacial score (nSPS) is 25.3. The van der Waals surface area contributed by atoms with E-state index in [-0.39, 0.29) is 0 Å². The molecular formula is C22H30Cl2N2O. The molecule has 5 heteroatoms. The zero-order chi connectivity index (χ0) is 19.4. The number of carbonyl (C=O) groups excluding carboxylic acids is 1. The lowest BCUT2D eigenvalue weighted by Gasteiger charge is -2.47. The molecule has 1 aliphatic heterocycles. The summed E-state index contributed by atoms with van der Waals surface area (Å²) in [5, 5.41) is 5.00. The lowest BCUT2D eigenvalue weighted by atomic mass is 9.74. The van der Waals surface area contributed by atoms with Crippen molar-refractivity contribution in [1.82, 2.24) is 10.2 Å². The van der Waals surface area contributed by atoms with Crippen LogP contribution in [0, 0.1) is 5.92 Å². The maximum atomic E-state index is 12.5. The molecule has 0 spiro atoms. The largest absolute Gasteiger partial charge is 0.336 e. The predicted molar refractivity (Wildman–Crippen MR) is 113 cm³/mol. The fraction of sp³-hybridized carbons (Fsp3) is 0.591. The van der Waals surface area contributed by atoms with Crippen molar-refractivity contribution in [2.24, 2.45) is 5.92 Å². The Balaban J connectivity index is 1.59. The van der Waals surface area contributed by atoms with Crippen LogP contribution in [0.4, 0.5) is 0 Å². The summed E-state index contributed by atoms with van der Waals surface area (Å²) in [5.41, 5.74) is 2.48. The van der Waals surface area contributed by atoms with Gasteiger partial charge in [0.05, 0.1) is 10.0 Å². The van der Waals surface area contributed by atoms with Crippen LogP contribution in [0.25, 0.3) is 0 Å². The third-order valence-corrected chi connectivity index (χ3v) is 6.68. The lowest BCUT2D eigenvalue weighted by molar-refractivity contribution is -0.139. The monoisotopic (exact) mass is 408 g/mol. The zero-order valence-corrected chi connectivity index (χ0v) is 17.8. The van der Waals surface area contributed by atoms with Crippen molar-refractivity contribution in [2.45, 2.75) is 64.5 Å². The Bertz CT molecular complexity index is 700. The molecule has 0 aromatic heterocycles. The molecule has 3 rings (SSSR count). The standard InChI is InChI=1S/C22H30Cl2N2O/c1-15(2)11-13-26-21-5-3-4-20(17(21)7-9-22(26)27)25-12-10-16-6-8-18(23)19(24)14-16/h6,8,11,14,17,20-21,25H,3-5,7,9-10,12-13H2,1-2H3. The van der Waals surface area contributed by atoms with Crippen LogP contribution in [0.15, 0.2) is 29.8 Å². The van der Waals surface area contributed by atoms with Gasteiger partial charge in [0, 0.05) is 25.0 Å². The number of halogens is 2. The SMILES string of the molecule is CC(C)=CCN1C(=O)CCC2C(NCCc3ccc(Cl)c(Cl)c3)CCCC21. The average Bonchev–Trinajstić information content (AvgIpc) is 2.63. The second kappa shape index (κ2) is 9.45. The maximum absolute atomic E-state index is 12.5. The van der Waals surface area contributed by atoms with Gasteiger partial charge in [-0.05, 0) is 76.1 Å². The van der Waals surface area contributed by atoms with Gasteiger partial charge in [0.1, 0.15) is 0 Å². The molecule has 0 radical (unpaired) electrons. The van der Waals surface area contributed by atoms with E-state index in [2.05, 4.69) is 30.1 Å². The molecule has 3 nitrogen and oxygen atoms in total. The summed E-state index contributed by atoms with van der Waals surface area (Å²) in [6.45, 7) is 5.88. The number of benzene rings is 1. The Hall–Kier alpha value is -1.03. The molecule has 3 unspecified atom stereocenters. The van der Waals surface area contributed by atoms with Crippen molar-refractivity contribution in [3.8, 4) is 0 Å². The smallest absolute Gasteiger partial charge is 0.223 e. The Morgan fingerprint density at radius 3 is 2.78 bits per heavy atom. The number of hydrogen-bond acceptors (Lipinski definition) is 2. The first-order valence-corrected chi connectivity index (χ1v) is 10.8. The maximum Gasteiger partial charge on any atom is 0.223 e. The summed E-state index contributed by atoms with van der Waals surface area (Å²) >= 11 is 12.1. The van der Waals surface area contributed by atoms with Gasteiger partial charge in [-0.2, -0.15) is 0 Å². The molecule has 1 heterocycles. The minimum absolute atomic E-state index is 0.324. The molecule has 1 saturated heterocycles. The molecule has 1 aromatic rings. The van der Waals surface area contributed by atoms with E-state index in [1.807, 2.05) is 18.2 Å². The number of allylic oxidation sites excluding steroid dienone is 1. The number of nitrogens with one attached hydrogen (secondary N) is 1. The molecule has 148 valence electrons. The number of hydrogen-bond donors (Lipinski definition) is 1. The topological polar surface area (TPSA) is 32.3 Å². The number of carbonyl (C=O) groups is 1. The summed E-state index contributed by atoms with van der Waals surface area (Å²) in [4.78, 5) is 14.6. The summed E-state index contributed by atoms with van der Waals surface area (Å²) in [7, 11) is 0. The van der Waals surface area contributed by atoms with Gasteiger partial charge in [0.25, 0.3) is 0 Å². The summed E-state index contributed by atoms with van der Waals surface area (Å²) in [5.74, 6) is 0.890. The second-order valence-electron chi connectivity index (χ2n) is 8.09. The molecule has 1 aromatic carbocycles. The van der Waals surface area contributed by atoms with Gasteiger partial charge in [0.2, 0.25) is 5.91 Å².